The molecule has 2 heteroatoms. The second kappa shape index (κ2) is 2.36. The minimum atomic E-state index is 0.425. The van der Waals surface area contributed by atoms with Crippen molar-refractivity contribution in [3.05, 3.63) is 11.5 Å². The lowest BCUT2D eigenvalue weighted by atomic mass is 10.5. The van der Waals surface area contributed by atoms with Gasteiger partial charge in [0.25, 0.3) is 0 Å². The van der Waals surface area contributed by atoms with Gasteiger partial charge in [0, 0.05) is 5.75 Å². The summed E-state index contributed by atoms with van der Waals surface area (Å²) in [5, 5.41) is 2.19. The molecule has 8 heavy (non-hydrogen) atoms. The zero-order chi connectivity index (χ0) is 6.04. The van der Waals surface area contributed by atoms with Gasteiger partial charge in [-0.3, -0.25) is 0 Å². The molecule has 0 saturated carbocycles. The highest BCUT2D eigenvalue weighted by Crippen LogP contribution is 2.39. The van der Waals surface area contributed by atoms with E-state index < -0.39 is 0 Å². The van der Waals surface area contributed by atoms with Crippen LogP contribution in [-0.4, -0.2) is 9.83 Å². The van der Waals surface area contributed by atoms with E-state index in [0.717, 1.165) is 0 Å². The Kier molecular flexibility index (Phi) is 1.93. The summed E-state index contributed by atoms with van der Waals surface area (Å²) in [6, 6.07) is 0. The van der Waals surface area contributed by atoms with Crippen LogP contribution in [0, 0.1) is 0 Å². The Balaban J connectivity index is 2.50. The fraction of sp³-hybridized carbons (Fsp3) is 0.667. The van der Waals surface area contributed by atoms with Crippen LogP contribution in [0.25, 0.3) is 0 Å². The zero-order valence-electron chi connectivity index (χ0n) is 5.18. The lowest BCUT2D eigenvalue weighted by Crippen LogP contribution is -2.09. The Morgan fingerprint density at radius 2 is 2.25 bits per heavy atom. The Hall–Kier alpha value is 0.440. The number of thioether (sulfide) groups is 2. The summed E-state index contributed by atoms with van der Waals surface area (Å²) >= 11 is 3.90. The van der Waals surface area contributed by atoms with E-state index in [1.165, 1.54) is 5.75 Å². The minimum absolute atomic E-state index is 0.425. The standard InChI is InChI=1S/C6H10S2/c1-6(2)7-4-3-5-8-6/h3-4H,5H2,1-2H3. The molecule has 1 heterocycles. The Labute approximate surface area is 59.1 Å². The molecule has 0 spiro atoms. The van der Waals surface area contributed by atoms with Gasteiger partial charge in [-0.25, -0.2) is 0 Å². The van der Waals surface area contributed by atoms with Crippen LogP contribution in [0.1, 0.15) is 13.8 Å². The summed E-state index contributed by atoms with van der Waals surface area (Å²) < 4.78 is 0.425. The van der Waals surface area contributed by atoms with Crippen molar-refractivity contribution < 1.29 is 0 Å². The summed E-state index contributed by atoms with van der Waals surface area (Å²) in [5.41, 5.74) is 0. The topological polar surface area (TPSA) is 0 Å². The van der Waals surface area contributed by atoms with Gasteiger partial charge in [-0.2, -0.15) is 0 Å². The Morgan fingerprint density at radius 1 is 1.50 bits per heavy atom. The molecule has 0 bridgehead atoms. The molecule has 0 aliphatic carbocycles. The highest BCUT2D eigenvalue weighted by Gasteiger charge is 2.18. The normalized spacial score (nSPS) is 25.8. The quantitative estimate of drug-likeness (QED) is 0.515. The first-order valence-corrected chi connectivity index (χ1v) is 4.54. The number of hydrogen-bond acceptors (Lipinski definition) is 2. The minimum Gasteiger partial charge on any atom is -0.140 e. The zero-order valence-corrected chi connectivity index (χ0v) is 6.81. The molecule has 0 aromatic rings. The van der Waals surface area contributed by atoms with E-state index in [1.54, 1.807) is 0 Å². The van der Waals surface area contributed by atoms with Crippen LogP contribution in [0.4, 0.5) is 0 Å². The van der Waals surface area contributed by atoms with Gasteiger partial charge in [-0.1, -0.05) is 6.08 Å². The third kappa shape index (κ3) is 1.75. The van der Waals surface area contributed by atoms with Gasteiger partial charge in [0.05, 0.1) is 4.08 Å². The maximum absolute atomic E-state index is 2.26. The van der Waals surface area contributed by atoms with Crippen LogP contribution in [0.5, 0.6) is 0 Å². The molecule has 1 aliphatic heterocycles. The third-order valence-corrected chi connectivity index (χ3v) is 3.57. The fourth-order valence-corrected chi connectivity index (χ4v) is 2.41. The summed E-state index contributed by atoms with van der Waals surface area (Å²) in [6.45, 7) is 4.51. The average molecular weight is 146 g/mol. The number of hydrogen-bond donors (Lipinski definition) is 0. The van der Waals surface area contributed by atoms with E-state index in [4.69, 9.17) is 0 Å². The van der Waals surface area contributed by atoms with Crippen LogP contribution >= 0.6 is 23.5 Å². The first-order chi connectivity index (χ1) is 3.71. The van der Waals surface area contributed by atoms with E-state index >= 15 is 0 Å². The van der Waals surface area contributed by atoms with Gasteiger partial charge in [-0.05, 0) is 19.3 Å². The largest absolute Gasteiger partial charge is 0.140 e. The summed E-state index contributed by atoms with van der Waals surface area (Å²) in [6.07, 6.45) is 2.21. The van der Waals surface area contributed by atoms with Gasteiger partial charge < -0.3 is 0 Å². The maximum Gasteiger partial charge on any atom is 0.0599 e. The van der Waals surface area contributed by atoms with Gasteiger partial charge in [0.1, 0.15) is 0 Å². The molecule has 0 radical (unpaired) electrons. The molecule has 0 aromatic carbocycles. The maximum atomic E-state index is 2.26. The number of rotatable bonds is 0. The van der Waals surface area contributed by atoms with Crippen LogP contribution in [0.15, 0.2) is 11.5 Å². The van der Waals surface area contributed by atoms with Gasteiger partial charge in [-0.15, -0.1) is 23.5 Å². The SMILES string of the molecule is CC1(C)SC=CCS1. The lowest BCUT2D eigenvalue weighted by Gasteiger charge is -2.23. The van der Waals surface area contributed by atoms with Gasteiger partial charge >= 0.3 is 0 Å². The molecule has 0 aromatic heterocycles. The summed E-state index contributed by atoms with van der Waals surface area (Å²) in [5.74, 6) is 1.18. The van der Waals surface area contributed by atoms with Crippen LogP contribution < -0.4 is 0 Å². The lowest BCUT2D eigenvalue weighted by molar-refractivity contribution is 1.03. The van der Waals surface area contributed by atoms with Crippen molar-refractivity contribution in [2.45, 2.75) is 17.9 Å². The van der Waals surface area contributed by atoms with E-state index in [2.05, 4.69) is 25.3 Å². The Morgan fingerprint density at radius 3 is 2.50 bits per heavy atom. The highest BCUT2D eigenvalue weighted by atomic mass is 32.2. The molecule has 1 aliphatic rings. The van der Waals surface area contributed by atoms with Crippen molar-refractivity contribution in [1.29, 1.82) is 0 Å². The molecule has 0 nitrogen and oxygen atoms in total. The first-order valence-electron chi connectivity index (χ1n) is 2.67. The van der Waals surface area contributed by atoms with E-state index in [1.807, 2.05) is 23.5 Å². The van der Waals surface area contributed by atoms with Gasteiger partial charge in [0.2, 0.25) is 0 Å². The smallest absolute Gasteiger partial charge is 0.0599 e. The Bertz CT molecular complexity index is 105. The molecular formula is C6H10S2. The monoisotopic (exact) mass is 146 g/mol. The van der Waals surface area contributed by atoms with Gasteiger partial charge in [0.15, 0.2) is 0 Å². The molecule has 1 rings (SSSR count). The average Bonchev–Trinajstić information content (AvgIpc) is 1.65. The third-order valence-electron chi connectivity index (χ3n) is 0.975. The summed E-state index contributed by atoms with van der Waals surface area (Å²) in [4.78, 5) is 0. The molecular weight excluding hydrogens is 136 g/mol. The predicted octanol–water partition coefficient (Wildman–Crippen LogP) is 2.72. The highest BCUT2D eigenvalue weighted by molar-refractivity contribution is 8.20. The van der Waals surface area contributed by atoms with E-state index in [0.29, 0.717) is 4.08 Å². The molecule has 0 N–H and O–H groups in total. The van der Waals surface area contributed by atoms with Crippen molar-refractivity contribution in [3.63, 3.8) is 0 Å². The van der Waals surface area contributed by atoms with Crippen LogP contribution in [0.2, 0.25) is 0 Å². The fourth-order valence-electron chi connectivity index (χ4n) is 0.534. The van der Waals surface area contributed by atoms with E-state index in [9.17, 15) is 0 Å². The van der Waals surface area contributed by atoms with Crippen LogP contribution in [-0.2, 0) is 0 Å². The first kappa shape index (κ1) is 6.56. The second-order valence-corrected chi connectivity index (χ2v) is 5.63. The molecule has 0 saturated heterocycles. The molecule has 0 atom stereocenters. The van der Waals surface area contributed by atoms with Crippen LogP contribution in [0.3, 0.4) is 0 Å². The van der Waals surface area contributed by atoms with Crippen molar-refractivity contribution in [2.75, 3.05) is 5.75 Å². The molecule has 0 unspecified atom stereocenters. The predicted molar refractivity (Wildman–Crippen MR) is 43.3 cm³/mol. The molecule has 0 fully saturated rings. The van der Waals surface area contributed by atoms with Crippen molar-refractivity contribution in [1.82, 2.24) is 0 Å². The summed E-state index contributed by atoms with van der Waals surface area (Å²) in [7, 11) is 0. The molecule has 46 valence electrons. The van der Waals surface area contributed by atoms with Crippen molar-refractivity contribution in [2.24, 2.45) is 0 Å². The molecule has 0 amide bonds. The van der Waals surface area contributed by atoms with Crippen molar-refractivity contribution in [3.8, 4) is 0 Å². The second-order valence-electron chi connectivity index (χ2n) is 2.20. The van der Waals surface area contributed by atoms with E-state index in [-0.39, 0.29) is 0 Å². The van der Waals surface area contributed by atoms with Crippen molar-refractivity contribution >= 4 is 23.5 Å².